The van der Waals surface area contributed by atoms with E-state index in [1.165, 1.54) is 0 Å². The monoisotopic (exact) mass is 311 g/mol. The molecule has 5 heteroatoms. The van der Waals surface area contributed by atoms with Gasteiger partial charge in [-0.3, -0.25) is 9.79 Å². The van der Waals surface area contributed by atoms with Gasteiger partial charge < -0.3 is 10.4 Å². The Hall–Kier alpha value is -2.69. The molecule has 1 amide bonds. The van der Waals surface area contributed by atoms with E-state index in [4.69, 9.17) is 0 Å². The number of aromatic hydroxyl groups is 1. The van der Waals surface area contributed by atoms with Crippen LogP contribution in [0.1, 0.15) is 31.9 Å². The third kappa shape index (κ3) is 4.39. The molecule has 0 saturated heterocycles. The zero-order chi connectivity index (χ0) is 17.0. The molecule has 0 spiro atoms. The van der Waals surface area contributed by atoms with E-state index in [0.29, 0.717) is 17.1 Å². The normalized spacial score (nSPS) is 11.7. The maximum absolute atomic E-state index is 12.1. The van der Waals surface area contributed by atoms with E-state index < -0.39 is 5.41 Å². The van der Waals surface area contributed by atoms with Crippen LogP contribution in [-0.4, -0.2) is 22.2 Å². The minimum absolute atomic E-state index is 0.112. The van der Waals surface area contributed by atoms with Gasteiger partial charge in [0.1, 0.15) is 11.6 Å². The predicted molar refractivity (Wildman–Crippen MR) is 92.4 cm³/mol. The number of phenolic OH excluding ortho intramolecular Hbond substituents is 1. The van der Waals surface area contributed by atoms with E-state index in [1.807, 2.05) is 39.8 Å². The molecule has 0 radical (unpaired) electrons. The Labute approximate surface area is 136 Å². The summed E-state index contributed by atoms with van der Waals surface area (Å²) in [6.45, 7) is 7.35. The summed E-state index contributed by atoms with van der Waals surface area (Å²) in [7, 11) is 0. The number of aliphatic imine (C=N–C) groups is 1. The third-order valence-corrected chi connectivity index (χ3v) is 3.30. The van der Waals surface area contributed by atoms with Crippen LogP contribution in [-0.2, 0) is 4.79 Å². The average Bonchev–Trinajstić information content (AvgIpc) is 2.49. The van der Waals surface area contributed by atoms with Crippen molar-refractivity contribution >= 4 is 23.6 Å². The van der Waals surface area contributed by atoms with E-state index in [0.717, 1.165) is 5.56 Å². The number of hydrogen-bond acceptors (Lipinski definition) is 4. The summed E-state index contributed by atoms with van der Waals surface area (Å²) in [5.41, 5.74) is 1.62. The van der Waals surface area contributed by atoms with Gasteiger partial charge in [0, 0.05) is 29.5 Å². The van der Waals surface area contributed by atoms with Crippen LogP contribution in [0.15, 0.2) is 41.5 Å². The van der Waals surface area contributed by atoms with Crippen LogP contribution in [0.3, 0.4) is 0 Å². The Morgan fingerprint density at radius 1 is 1.30 bits per heavy atom. The summed E-state index contributed by atoms with van der Waals surface area (Å²) in [5.74, 6) is 0.554. The van der Waals surface area contributed by atoms with Crippen molar-refractivity contribution in [1.82, 2.24) is 4.98 Å². The molecule has 0 fully saturated rings. The highest BCUT2D eigenvalue weighted by molar-refractivity contribution is 5.98. The van der Waals surface area contributed by atoms with E-state index in [1.54, 1.807) is 30.6 Å². The lowest BCUT2D eigenvalue weighted by molar-refractivity contribution is -0.123. The number of rotatable bonds is 3. The minimum Gasteiger partial charge on any atom is -0.508 e. The number of carbonyl (C=O) groups excluding carboxylic acids is 1. The lowest BCUT2D eigenvalue weighted by atomic mass is 9.95. The minimum atomic E-state index is -0.505. The fraction of sp³-hybridized carbons (Fsp3) is 0.278. The Kier molecular flexibility index (Phi) is 4.79. The molecular formula is C18H21N3O2. The number of nitrogens with zero attached hydrogens (tertiary/aromatic N) is 2. The van der Waals surface area contributed by atoms with Gasteiger partial charge in [0.05, 0.1) is 5.69 Å². The van der Waals surface area contributed by atoms with Gasteiger partial charge in [-0.25, -0.2) is 4.98 Å². The lowest BCUT2D eigenvalue weighted by Crippen LogP contribution is -2.28. The quantitative estimate of drug-likeness (QED) is 0.846. The van der Waals surface area contributed by atoms with Crippen LogP contribution in [0.5, 0.6) is 5.75 Å². The number of nitrogens with one attached hydrogen (secondary N) is 1. The van der Waals surface area contributed by atoms with Crippen molar-refractivity contribution in [1.29, 1.82) is 0 Å². The first-order valence-electron chi connectivity index (χ1n) is 7.37. The number of aromatic nitrogens is 1. The molecule has 1 aromatic carbocycles. The molecule has 0 unspecified atom stereocenters. The molecule has 2 N–H and O–H groups in total. The van der Waals surface area contributed by atoms with E-state index >= 15 is 0 Å². The Morgan fingerprint density at radius 2 is 2.04 bits per heavy atom. The van der Waals surface area contributed by atoms with E-state index in [2.05, 4.69) is 15.3 Å². The van der Waals surface area contributed by atoms with E-state index in [-0.39, 0.29) is 11.7 Å². The molecule has 23 heavy (non-hydrogen) atoms. The molecule has 2 aromatic rings. The maximum Gasteiger partial charge on any atom is 0.230 e. The highest BCUT2D eigenvalue weighted by Crippen LogP contribution is 2.23. The van der Waals surface area contributed by atoms with Crippen LogP contribution in [0.2, 0.25) is 0 Å². The van der Waals surface area contributed by atoms with Crippen molar-refractivity contribution in [2.75, 3.05) is 5.32 Å². The molecular weight excluding hydrogens is 290 g/mol. The van der Waals surface area contributed by atoms with Gasteiger partial charge in [-0.15, -0.1) is 0 Å². The van der Waals surface area contributed by atoms with Gasteiger partial charge >= 0.3 is 0 Å². The number of benzene rings is 1. The second-order valence-corrected chi connectivity index (χ2v) is 6.37. The molecule has 0 aliphatic carbocycles. The second-order valence-electron chi connectivity index (χ2n) is 6.37. The van der Waals surface area contributed by atoms with Crippen LogP contribution in [0.4, 0.5) is 11.5 Å². The fourth-order valence-electron chi connectivity index (χ4n) is 1.74. The first kappa shape index (κ1) is 16.7. The zero-order valence-electron chi connectivity index (χ0n) is 13.8. The van der Waals surface area contributed by atoms with Gasteiger partial charge in [-0.05, 0) is 30.7 Å². The predicted octanol–water partition coefficient (Wildman–Crippen LogP) is 3.83. The van der Waals surface area contributed by atoms with Crippen molar-refractivity contribution in [3.8, 4) is 5.75 Å². The number of amides is 1. The van der Waals surface area contributed by atoms with Crippen molar-refractivity contribution in [2.45, 2.75) is 27.7 Å². The molecule has 0 bridgehead atoms. The number of anilines is 1. The van der Waals surface area contributed by atoms with Gasteiger partial charge in [-0.2, -0.15) is 0 Å². The molecule has 1 heterocycles. The number of carbonyl (C=O) groups is 1. The number of hydrogen-bond donors (Lipinski definition) is 2. The molecule has 5 nitrogen and oxygen atoms in total. The highest BCUT2D eigenvalue weighted by atomic mass is 16.3. The Balaban J connectivity index is 2.25. The summed E-state index contributed by atoms with van der Waals surface area (Å²) in [5, 5.41) is 12.5. The summed E-state index contributed by atoms with van der Waals surface area (Å²) in [4.78, 5) is 20.6. The van der Waals surface area contributed by atoms with Gasteiger partial charge in [-0.1, -0.05) is 26.8 Å². The molecule has 0 saturated carbocycles. The molecule has 0 aliphatic heterocycles. The SMILES string of the molecule is Cc1ccc(N=Cc2cccnc2NC(=O)C(C)(C)C)cc1O. The fourth-order valence-corrected chi connectivity index (χ4v) is 1.74. The van der Waals surface area contributed by atoms with Crippen molar-refractivity contribution in [3.63, 3.8) is 0 Å². The van der Waals surface area contributed by atoms with Gasteiger partial charge in [0.15, 0.2) is 0 Å². The molecule has 2 rings (SSSR count). The average molecular weight is 311 g/mol. The highest BCUT2D eigenvalue weighted by Gasteiger charge is 2.22. The van der Waals surface area contributed by atoms with Crippen molar-refractivity contribution < 1.29 is 9.90 Å². The largest absolute Gasteiger partial charge is 0.508 e. The van der Waals surface area contributed by atoms with Crippen LogP contribution in [0, 0.1) is 12.3 Å². The zero-order valence-corrected chi connectivity index (χ0v) is 13.8. The summed E-state index contributed by atoms with van der Waals surface area (Å²) < 4.78 is 0. The first-order chi connectivity index (χ1) is 10.8. The summed E-state index contributed by atoms with van der Waals surface area (Å²) in [6.07, 6.45) is 3.24. The van der Waals surface area contributed by atoms with E-state index in [9.17, 15) is 9.90 Å². The van der Waals surface area contributed by atoms with Crippen LogP contribution < -0.4 is 5.32 Å². The first-order valence-corrected chi connectivity index (χ1v) is 7.37. The molecule has 0 atom stereocenters. The topological polar surface area (TPSA) is 74.6 Å². The smallest absolute Gasteiger partial charge is 0.230 e. The number of aryl methyl sites for hydroxylation is 1. The Morgan fingerprint density at radius 3 is 2.70 bits per heavy atom. The van der Waals surface area contributed by atoms with Crippen molar-refractivity contribution in [2.24, 2.45) is 10.4 Å². The summed E-state index contributed by atoms with van der Waals surface area (Å²) in [6, 6.07) is 8.81. The van der Waals surface area contributed by atoms with Crippen molar-refractivity contribution in [3.05, 3.63) is 47.7 Å². The third-order valence-electron chi connectivity index (χ3n) is 3.30. The number of phenols is 1. The van der Waals surface area contributed by atoms with Gasteiger partial charge in [0.2, 0.25) is 5.91 Å². The number of pyridine rings is 1. The second kappa shape index (κ2) is 6.60. The van der Waals surface area contributed by atoms with Crippen LogP contribution >= 0.6 is 0 Å². The standard InChI is InChI=1S/C18H21N3O2/c1-12-7-8-14(10-15(12)22)20-11-13-6-5-9-19-16(13)21-17(23)18(2,3)4/h5-11,22H,1-4H3,(H,19,21,23). The molecule has 0 aliphatic rings. The molecule has 120 valence electrons. The summed E-state index contributed by atoms with van der Waals surface area (Å²) >= 11 is 0. The Bertz CT molecular complexity index is 746. The van der Waals surface area contributed by atoms with Gasteiger partial charge in [0.25, 0.3) is 0 Å². The van der Waals surface area contributed by atoms with Crippen LogP contribution in [0.25, 0.3) is 0 Å². The maximum atomic E-state index is 12.1. The molecule has 1 aromatic heterocycles. The lowest BCUT2D eigenvalue weighted by Gasteiger charge is -2.17.